The molecule has 0 amide bonds. The molecule has 0 bridgehead atoms. The topological polar surface area (TPSA) is 72.2 Å². The lowest BCUT2D eigenvalue weighted by Crippen LogP contribution is -2.47. The monoisotopic (exact) mass is 294 g/mol. The average Bonchev–Trinajstić information content (AvgIpc) is 2.96. The van der Waals surface area contributed by atoms with Gasteiger partial charge in [-0.3, -0.25) is 0 Å². The van der Waals surface area contributed by atoms with Gasteiger partial charge < -0.3 is 5.73 Å². The molecular formula is C11H13F3N2O2S. The number of aryl methyl sites for hydroxylation is 1. The van der Waals surface area contributed by atoms with Crippen molar-refractivity contribution in [2.24, 2.45) is 0 Å². The Morgan fingerprint density at radius 1 is 1.32 bits per heavy atom. The van der Waals surface area contributed by atoms with Gasteiger partial charge in [0.1, 0.15) is 10.4 Å². The second-order valence-corrected chi connectivity index (χ2v) is 6.38. The van der Waals surface area contributed by atoms with Gasteiger partial charge in [0.2, 0.25) is 10.0 Å². The Kier molecular flexibility index (Phi) is 3.06. The normalized spacial score (nSPS) is 18.3. The number of nitrogens with two attached hydrogens (primary N) is 1. The second kappa shape index (κ2) is 4.11. The van der Waals surface area contributed by atoms with E-state index in [9.17, 15) is 21.6 Å². The number of benzene rings is 1. The number of rotatable bonds is 3. The molecule has 0 radical (unpaired) electrons. The van der Waals surface area contributed by atoms with Gasteiger partial charge in [-0.25, -0.2) is 8.42 Å². The maximum atomic E-state index is 12.7. The molecule has 0 spiro atoms. The first-order valence-electron chi connectivity index (χ1n) is 5.54. The van der Waals surface area contributed by atoms with Crippen LogP contribution >= 0.6 is 0 Å². The lowest BCUT2D eigenvalue weighted by molar-refractivity contribution is -0.160. The number of sulfonamides is 1. The predicted octanol–water partition coefficient (Wildman–Crippen LogP) is 1.95. The summed E-state index contributed by atoms with van der Waals surface area (Å²) < 4.78 is 63.9. The summed E-state index contributed by atoms with van der Waals surface area (Å²) in [5.74, 6) is 0. The SMILES string of the molecule is Cc1ccc(S(=O)(=O)NC2(C(F)(F)F)CC2)c(N)c1. The first kappa shape index (κ1) is 14.1. The minimum atomic E-state index is -4.60. The van der Waals surface area contributed by atoms with Crippen LogP contribution in [0.25, 0.3) is 0 Å². The zero-order valence-electron chi connectivity index (χ0n) is 10.1. The van der Waals surface area contributed by atoms with Gasteiger partial charge >= 0.3 is 6.18 Å². The van der Waals surface area contributed by atoms with Gasteiger partial charge in [-0.2, -0.15) is 17.9 Å². The van der Waals surface area contributed by atoms with Crippen LogP contribution in [0.1, 0.15) is 18.4 Å². The first-order chi connectivity index (χ1) is 8.57. The highest BCUT2D eigenvalue weighted by Crippen LogP contribution is 2.49. The van der Waals surface area contributed by atoms with E-state index in [0.717, 1.165) is 5.56 Å². The second-order valence-electron chi connectivity index (χ2n) is 4.73. The van der Waals surface area contributed by atoms with Gasteiger partial charge in [0.15, 0.2) is 0 Å². The molecule has 0 aromatic heterocycles. The Morgan fingerprint density at radius 2 is 1.89 bits per heavy atom. The van der Waals surface area contributed by atoms with Crippen LogP contribution in [0.2, 0.25) is 0 Å². The summed E-state index contributed by atoms with van der Waals surface area (Å²) in [6, 6.07) is 4.10. The molecule has 1 aliphatic carbocycles. The highest BCUT2D eigenvalue weighted by molar-refractivity contribution is 7.89. The number of hydrogen-bond donors (Lipinski definition) is 2. The van der Waals surface area contributed by atoms with Crippen molar-refractivity contribution in [2.75, 3.05) is 5.73 Å². The van der Waals surface area contributed by atoms with E-state index in [4.69, 9.17) is 5.73 Å². The van der Waals surface area contributed by atoms with E-state index in [2.05, 4.69) is 0 Å². The molecular weight excluding hydrogens is 281 g/mol. The van der Waals surface area contributed by atoms with Gasteiger partial charge in [-0.05, 0) is 37.5 Å². The number of nitrogens with one attached hydrogen (secondary N) is 1. The van der Waals surface area contributed by atoms with Crippen LogP contribution in [0.15, 0.2) is 23.1 Å². The molecule has 106 valence electrons. The van der Waals surface area contributed by atoms with Crippen LogP contribution in [-0.4, -0.2) is 20.1 Å². The quantitative estimate of drug-likeness (QED) is 0.837. The third-order valence-corrected chi connectivity index (χ3v) is 4.69. The summed E-state index contributed by atoms with van der Waals surface area (Å²) in [7, 11) is -4.28. The van der Waals surface area contributed by atoms with E-state index in [1.54, 1.807) is 11.6 Å². The molecule has 3 N–H and O–H groups in total. The molecule has 19 heavy (non-hydrogen) atoms. The van der Waals surface area contributed by atoms with Gasteiger partial charge in [-0.1, -0.05) is 6.07 Å². The van der Waals surface area contributed by atoms with E-state index < -0.39 is 21.7 Å². The van der Waals surface area contributed by atoms with E-state index in [-0.39, 0.29) is 23.4 Å². The average molecular weight is 294 g/mol. The first-order valence-corrected chi connectivity index (χ1v) is 7.03. The van der Waals surface area contributed by atoms with Crippen molar-refractivity contribution < 1.29 is 21.6 Å². The molecule has 0 aliphatic heterocycles. The summed E-state index contributed by atoms with van der Waals surface area (Å²) in [4.78, 5) is -0.325. The molecule has 2 rings (SSSR count). The summed E-state index contributed by atoms with van der Waals surface area (Å²) in [5.41, 5.74) is 3.89. The summed E-state index contributed by atoms with van der Waals surface area (Å²) in [6.45, 7) is 1.71. The summed E-state index contributed by atoms with van der Waals surface area (Å²) in [6.07, 6.45) is -5.09. The van der Waals surface area contributed by atoms with Crippen LogP contribution in [0, 0.1) is 6.92 Å². The van der Waals surface area contributed by atoms with Crippen molar-refractivity contribution in [1.82, 2.24) is 4.72 Å². The molecule has 1 aromatic carbocycles. The van der Waals surface area contributed by atoms with E-state index >= 15 is 0 Å². The molecule has 0 unspecified atom stereocenters. The van der Waals surface area contributed by atoms with E-state index in [1.807, 2.05) is 0 Å². The summed E-state index contributed by atoms with van der Waals surface area (Å²) >= 11 is 0. The maximum Gasteiger partial charge on any atom is 0.407 e. The molecule has 1 aromatic rings. The Morgan fingerprint density at radius 3 is 2.32 bits per heavy atom. The van der Waals surface area contributed by atoms with Crippen LogP contribution in [0.5, 0.6) is 0 Å². The minimum absolute atomic E-state index is 0.0644. The number of nitrogen functional groups attached to an aromatic ring is 1. The molecule has 1 aliphatic rings. The number of alkyl halides is 3. The van der Waals surface area contributed by atoms with Crippen molar-refractivity contribution in [3.63, 3.8) is 0 Å². The van der Waals surface area contributed by atoms with Gasteiger partial charge in [0, 0.05) is 0 Å². The smallest absolute Gasteiger partial charge is 0.398 e. The fourth-order valence-corrected chi connectivity index (χ4v) is 3.35. The number of halogens is 3. The van der Waals surface area contributed by atoms with E-state index in [1.165, 1.54) is 18.2 Å². The number of hydrogen-bond acceptors (Lipinski definition) is 3. The molecule has 1 fully saturated rings. The van der Waals surface area contributed by atoms with Gasteiger partial charge in [-0.15, -0.1) is 0 Å². The van der Waals surface area contributed by atoms with Crippen LogP contribution < -0.4 is 10.5 Å². The van der Waals surface area contributed by atoms with Crippen molar-refractivity contribution in [3.05, 3.63) is 23.8 Å². The largest absolute Gasteiger partial charge is 0.407 e. The Hall–Kier alpha value is -1.28. The van der Waals surface area contributed by atoms with Crippen LogP contribution in [-0.2, 0) is 10.0 Å². The molecule has 8 heteroatoms. The zero-order chi connectivity index (χ0) is 14.5. The van der Waals surface area contributed by atoms with Crippen molar-refractivity contribution in [2.45, 2.75) is 36.4 Å². The summed E-state index contributed by atoms with van der Waals surface area (Å²) in [5, 5.41) is 0. The highest BCUT2D eigenvalue weighted by atomic mass is 32.2. The molecule has 0 atom stereocenters. The Bertz CT molecular complexity index is 607. The lowest BCUT2D eigenvalue weighted by Gasteiger charge is -2.21. The Labute approximate surface area is 108 Å². The Balaban J connectivity index is 2.34. The molecule has 1 saturated carbocycles. The third-order valence-electron chi connectivity index (χ3n) is 3.08. The minimum Gasteiger partial charge on any atom is -0.398 e. The van der Waals surface area contributed by atoms with Crippen molar-refractivity contribution >= 4 is 15.7 Å². The predicted molar refractivity (Wildman–Crippen MR) is 63.9 cm³/mol. The van der Waals surface area contributed by atoms with E-state index in [0.29, 0.717) is 0 Å². The zero-order valence-corrected chi connectivity index (χ0v) is 10.9. The van der Waals surface area contributed by atoms with Crippen molar-refractivity contribution in [3.8, 4) is 0 Å². The third kappa shape index (κ3) is 2.55. The van der Waals surface area contributed by atoms with Gasteiger partial charge in [0.25, 0.3) is 0 Å². The fraction of sp³-hybridized carbons (Fsp3) is 0.455. The van der Waals surface area contributed by atoms with Crippen molar-refractivity contribution in [1.29, 1.82) is 0 Å². The standard InChI is InChI=1S/C11H13F3N2O2S/c1-7-2-3-9(8(15)6-7)19(17,18)16-10(4-5-10)11(12,13)14/h2-3,6,16H,4-5,15H2,1H3. The number of anilines is 1. The molecule has 4 nitrogen and oxygen atoms in total. The fourth-order valence-electron chi connectivity index (χ4n) is 1.79. The lowest BCUT2D eigenvalue weighted by atomic mass is 10.2. The highest BCUT2D eigenvalue weighted by Gasteiger charge is 2.65. The molecule has 0 saturated heterocycles. The van der Waals surface area contributed by atoms with Crippen LogP contribution in [0.4, 0.5) is 18.9 Å². The van der Waals surface area contributed by atoms with Crippen LogP contribution in [0.3, 0.4) is 0 Å². The maximum absolute atomic E-state index is 12.7. The van der Waals surface area contributed by atoms with Gasteiger partial charge in [0.05, 0.1) is 5.69 Å². The molecule has 0 heterocycles.